The molecule has 0 radical (unpaired) electrons. The van der Waals surface area contributed by atoms with Gasteiger partial charge in [-0.25, -0.2) is 4.98 Å². The zero-order valence-electron chi connectivity index (χ0n) is 10.5. The third-order valence-corrected chi connectivity index (χ3v) is 2.97. The van der Waals surface area contributed by atoms with Crippen molar-refractivity contribution in [3.05, 3.63) is 12.3 Å². The summed E-state index contributed by atoms with van der Waals surface area (Å²) in [5.41, 5.74) is 0. The third kappa shape index (κ3) is 2.85. The van der Waals surface area contributed by atoms with Crippen LogP contribution in [0.2, 0.25) is 0 Å². The lowest BCUT2D eigenvalue weighted by atomic mass is 10.2. The normalized spacial score (nSPS) is 20.4. The van der Waals surface area contributed by atoms with Gasteiger partial charge in [0.1, 0.15) is 5.82 Å². The number of anilines is 2. The van der Waals surface area contributed by atoms with E-state index in [1.165, 1.54) is 0 Å². The van der Waals surface area contributed by atoms with E-state index in [-0.39, 0.29) is 0 Å². The van der Waals surface area contributed by atoms with Crippen LogP contribution in [0.15, 0.2) is 12.3 Å². The highest BCUT2D eigenvalue weighted by Crippen LogP contribution is 2.19. The number of nitrogens with zero attached hydrogens (tertiary/aromatic N) is 3. The number of ether oxygens (including phenoxy) is 1. The molecule has 0 aromatic carbocycles. The molecule has 0 aliphatic carbocycles. The number of nitrogens with one attached hydrogen (secondary N) is 1. The average Bonchev–Trinajstić information content (AvgIpc) is 2.39. The molecule has 0 amide bonds. The van der Waals surface area contributed by atoms with Gasteiger partial charge in [0.25, 0.3) is 0 Å². The van der Waals surface area contributed by atoms with Gasteiger partial charge in [-0.05, 0) is 19.4 Å². The highest BCUT2D eigenvalue weighted by molar-refractivity contribution is 5.43. The maximum atomic E-state index is 5.50. The fourth-order valence-electron chi connectivity index (χ4n) is 2.05. The molecule has 0 spiro atoms. The molecule has 1 unspecified atom stereocenters. The van der Waals surface area contributed by atoms with Crippen LogP contribution in [0.1, 0.15) is 20.3 Å². The minimum absolute atomic E-state index is 0.424. The summed E-state index contributed by atoms with van der Waals surface area (Å²) in [5.74, 6) is 1.69. The maximum Gasteiger partial charge on any atom is 0.224 e. The van der Waals surface area contributed by atoms with Gasteiger partial charge in [-0.1, -0.05) is 6.92 Å². The van der Waals surface area contributed by atoms with Gasteiger partial charge in [0.05, 0.1) is 19.3 Å². The summed E-state index contributed by atoms with van der Waals surface area (Å²) in [4.78, 5) is 11.0. The molecule has 1 aliphatic rings. The Morgan fingerprint density at radius 3 is 3.18 bits per heavy atom. The molecule has 1 N–H and O–H groups in total. The van der Waals surface area contributed by atoms with Gasteiger partial charge in [0, 0.05) is 19.3 Å². The van der Waals surface area contributed by atoms with E-state index in [1.54, 1.807) is 0 Å². The third-order valence-electron chi connectivity index (χ3n) is 2.97. The largest absolute Gasteiger partial charge is 0.377 e. The second-order valence-electron chi connectivity index (χ2n) is 4.10. The number of hydrogen-bond donors (Lipinski definition) is 1. The summed E-state index contributed by atoms with van der Waals surface area (Å²) in [6.07, 6.45) is 2.88. The van der Waals surface area contributed by atoms with Crippen molar-refractivity contribution in [3.8, 4) is 0 Å². The number of morpholine rings is 1. The molecule has 0 saturated carbocycles. The monoisotopic (exact) mass is 236 g/mol. The molecule has 1 aromatic rings. The molecule has 1 aromatic heterocycles. The van der Waals surface area contributed by atoms with E-state index in [0.29, 0.717) is 12.0 Å². The quantitative estimate of drug-likeness (QED) is 0.859. The first kappa shape index (κ1) is 12.1. The Labute approximate surface area is 102 Å². The van der Waals surface area contributed by atoms with Crippen LogP contribution in [-0.4, -0.2) is 42.3 Å². The molecule has 2 heterocycles. The topological polar surface area (TPSA) is 50.3 Å². The van der Waals surface area contributed by atoms with Crippen LogP contribution < -0.4 is 10.2 Å². The van der Waals surface area contributed by atoms with E-state index in [9.17, 15) is 0 Å². The fraction of sp³-hybridized carbons (Fsp3) is 0.667. The molecule has 5 nitrogen and oxygen atoms in total. The van der Waals surface area contributed by atoms with Gasteiger partial charge in [-0.2, -0.15) is 4.98 Å². The number of hydrogen-bond acceptors (Lipinski definition) is 5. The van der Waals surface area contributed by atoms with Crippen molar-refractivity contribution >= 4 is 11.8 Å². The predicted molar refractivity (Wildman–Crippen MR) is 68.4 cm³/mol. The zero-order chi connectivity index (χ0) is 12.1. The lowest BCUT2D eigenvalue weighted by molar-refractivity contribution is 0.0926. The Morgan fingerprint density at radius 1 is 1.53 bits per heavy atom. The van der Waals surface area contributed by atoms with Crippen LogP contribution in [0.3, 0.4) is 0 Å². The van der Waals surface area contributed by atoms with E-state index >= 15 is 0 Å². The highest BCUT2D eigenvalue weighted by atomic mass is 16.5. The first-order valence-electron chi connectivity index (χ1n) is 6.26. The van der Waals surface area contributed by atoms with Crippen molar-refractivity contribution in [1.29, 1.82) is 0 Å². The van der Waals surface area contributed by atoms with Gasteiger partial charge in [0.2, 0.25) is 5.95 Å². The Balaban J connectivity index is 2.16. The Kier molecular flexibility index (Phi) is 4.14. The molecule has 1 fully saturated rings. The first-order valence-corrected chi connectivity index (χ1v) is 6.26. The molecular formula is C12H20N4O. The lowest BCUT2D eigenvalue weighted by Gasteiger charge is -2.36. The summed E-state index contributed by atoms with van der Waals surface area (Å²) in [6.45, 7) is 7.53. The molecule has 2 rings (SSSR count). The Morgan fingerprint density at radius 2 is 2.41 bits per heavy atom. The van der Waals surface area contributed by atoms with Crippen molar-refractivity contribution < 1.29 is 4.74 Å². The summed E-state index contributed by atoms with van der Waals surface area (Å²) in [5, 5.41) is 3.14. The SMILES string of the molecule is CCNc1nccc(N2CCOCC2CC)n1. The molecule has 5 heteroatoms. The zero-order valence-corrected chi connectivity index (χ0v) is 10.5. The van der Waals surface area contributed by atoms with Crippen molar-refractivity contribution in [2.45, 2.75) is 26.3 Å². The van der Waals surface area contributed by atoms with Crippen LogP contribution >= 0.6 is 0 Å². The van der Waals surface area contributed by atoms with Gasteiger partial charge in [-0.3, -0.25) is 0 Å². The predicted octanol–water partition coefficient (Wildman–Crippen LogP) is 1.52. The molecule has 1 atom stereocenters. The summed E-state index contributed by atoms with van der Waals surface area (Å²) in [7, 11) is 0. The van der Waals surface area contributed by atoms with Gasteiger partial charge in [-0.15, -0.1) is 0 Å². The molecule has 0 bridgehead atoms. The second kappa shape index (κ2) is 5.82. The second-order valence-corrected chi connectivity index (χ2v) is 4.10. The van der Waals surface area contributed by atoms with E-state index in [4.69, 9.17) is 4.74 Å². The Bertz CT molecular complexity index is 358. The molecular weight excluding hydrogens is 216 g/mol. The van der Waals surface area contributed by atoms with Crippen LogP contribution in [-0.2, 0) is 4.74 Å². The van der Waals surface area contributed by atoms with Crippen LogP contribution in [0.25, 0.3) is 0 Å². The van der Waals surface area contributed by atoms with Crippen LogP contribution in [0, 0.1) is 0 Å². The summed E-state index contributed by atoms with van der Waals surface area (Å²) < 4.78 is 5.50. The van der Waals surface area contributed by atoms with Gasteiger partial charge in [0.15, 0.2) is 0 Å². The van der Waals surface area contributed by atoms with E-state index in [2.05, 4.69) is 27.1 Å². The maximum absolute atomic E-state index is 5.50. The lowest BCUT2D eigenvalue weighted by Crippen LogP contribution is -2.45. The smallest absolute Gasteiger partial charge is 0.224 e. The van der Waals surface area contributed by atoms with Gasteiger partial charge < -0.3 is 15.0 Å². The summed E-state index contributed by atoms with van der Waals surface area (Å²) in [6, 6.07) is 2.39. The van der Waals surface area contributed by atoms with E-state index < -0.39 is 0 Å². The van der Waals surface area contributed by atoms with Gasteiger partial charge >= 0.3 is 0 Å². The minimum Gasteiger partial charge on any atom is -0.377 e. The van der Waals surface area contributed by atoms with E-state index in [1.807, 2.05) is 19.2 Å². The van der Waals surface area contributed by atoms with Crippen LogP contribution in [0.5, 0.6) is 0 Å². The molecule has 1 saturated heterocycles. The summed E-state index contributed by atoms with van der Waals surface area (Å²) >= 11 is 0. The average molecular weight is 236 g/mol. The molecule has 94 valence electrons. The van der Waals surface area contributed by atoms with E-state index in [0.717, 1.165) is 38.5 Å². The first-order chi connectivity index (χ1) is 8.35. The van der Waals surface area contributed by atoms with Crippen molar-refractivity contribution in [2.24, 2.45) is 0 Å². The highest BCUT2D eigenvalue weighted by Gasteiger charge is 2.22. The van der Waals surface area contributed by atoms with Crippen LogP contribution in [0.4, 0.5) is 11.8 Å². The standard InChI is InChI=1S/C12H20N4O/c1-3-10-9-17-8-7-16(10)11-5-6-14-12(15-11)13-4-2/h5-6,10H,3-4,7-9H2,1-2H3,(H,13,14,15). The Hall–Kier alpha value is -1.36. The fourth-order valence-corrected chi connectivity index (χ4v) is 2.05. The minimum atomic E-state index is 0.424. The number of rotatable bonds is 4. The molecule has 1 aliphatic heterocycles. The van der Waals surface area contributed by atoms with Crippen molar-refractivity contribution in [1.82, 2.24) is 9.97 Å². The van der Waals surface area contributed by atoms with Crippen molar-refractivity contribution in [3.63, 3.8) is 0 Å². The number of aromatic nitrogens is 2. The molecule has 17 heavy (non-hydrogen) atoms. The van der Waals surface area contributed by atoms with Crippen molar-refractivity contribution in [2.75, 3.05) is 36.5 Å².